The maximum absolute atomic E-state index is 13.2. The molecule has 188 valence electrons. The topological polar surface area (TPSA) is 121 Å². The van der Waals surface area contributed by atoms with E-state index in [1.807, 2.05) is 13.8 Å². The van der Waals surface area contributed by atoms with Crippen LogP contribution < -0.4 is 0 Å². The van der Waals surface area contributed by atoms with Crippen LogP contribution in [0.4, 0.5) is 0 Å². The largest absolute Gasteiger partial charge is 0.466 e. The molecule has 2 heterocycles. The van der Waals surface area contributed by atoms with Gasteiger partial charge in [0.25, 0.3) is 0 Å². The highest BCUT2D eigenvalue weighted by Crippen LogP contribution is 2.42. The highest BCUT2D eigenvalue weighted by Gasteiger charge is 2.60. The highest BCUT2D eigenvalue weighted by atomic mass is 16.7. The van der Waals surface area contributed by atoms with Crippen LogP contribution in [0.3, 0.4) is 0 Å². The van der Waals surface area contributed by atoms with Gasteiger partial charge in [0, 0.05) is 5.57 Å². The average Bonchev–Trinajstić information content (AvgIpc) is 3.33. The lowest BCUT2D eigenvalue weighted by Gasteiger charge is -2.37. The van der Waals surface area contributed by atoms with E-state index < -0.39 is 53.8 Å². The fourth-order valence-electron chi connectivity index (χ4n) is 4.27. The molecule has 0 aromatic rings. The zero-order valence-corrected chi connectivity index (χ0v) is 20.4. The van der Waals surface area contributed by atoms with E-state index in [-0.39, 0.29) is 23.4 Å². The van der Waals surface area contributed by atoms with Crippen molar-refractivity contribution in [3.8, 4) is 0 Å². The second-order valence-corrected chi connectivity index (χ2v) is 9.23. The maximum atomic E-state index is 13.2. The van der Waals surface area contributed by atoms with E-state index in [2.05, 4.69) is 13.2 Å². The Bertz CT molecular complexity index is 906. The number of hydrogen-bond donors (Lipinski definition) is 1. The third-order valence-electron chi connectivity index (χ3n) is 6.94. The summed E-state index contributed by atoms with van der Waals surface area (Å²) in [6.45, 7) is 14.8. The molecule has 2 aliphatic heterocycles. The van der Waals surface area contributed by atoms with Crippen LogP contribution in [0.25, 0.3) is 0 Å². The van der Waals surface area contributed by atoms with Gasteiger partial charge < -0.3 is 28.8 Å². The van der Waals surface area contributed by atoms with Gasteiger partial charge in [-0.1, -0.05) is 26.2 Å². The van der Waals surface area contributed by atoms with Crippen molar-refractivity contribution < 1.29 is 43.2 Å². The monoisotopic (exact) mass is 478 g/mol. The smallest absolute Gasteiger partial charge is 0.341 e. The molecule has 0 saturated carbocycles. The van der Waals surface area contributed by atoms with Gasteiger partial charge in [0.15, 0.2) is 5.60 Å². The molecule has 0 aromatic carbocycles. The maximum Gasteiger partial charge on any atom is 0.341 e. The summed E-state index contributed by atoms with van der Waals surface area (Å²) in [4.78, 5) is 38.6. The Labute approximate surface area is 199 Å². The SMILES string of the molecule is C=C1CCC=C(C(=O)OC)C(OC(C)CC)C(OC(=O)C2(C)OC2C)C2C(=C)C(=O)OC2C1O. The summed E-state index contributed by atoms with van der Waals surface area (Å²) >= 11 is 0. The van der Waals surface area contributed by atoms with Gasteiger partial charge in [-0.25, -0.2) is 14.4 Å². The van der Waals surface area contributed by atoms with Gasteiger partial charge in [0.05, 0.1) is 30.8 Å². The van der Waals surface area contributed by atoms with Crippen LogP contribution >= 0.6 is 0 Å². The van der Waals surface area contributed by atoms with E-state index in [9.17, 15) is 19.5 Å². The molecule has 2 fully saturated rings. The summed E-state index contributed by atoms with van der Waals surface area (Å²) in [5.74, 6) is -3.06. The Kier molecular flexibility index (Phi) is 7.69. The second-order valence-electron chi connectivity index (χ2n) is 9.23. The van der Waals surface area contributed by atoms with E-state index in [0.29, 0.717) is 24.8 Å². The van der Waals surface area contributed by atoms with Gasteiger partial charge in [0.1, 0.15) is 24.4 Å². The van der Waals surface area contributed by atoms with Gasteiger partial charge in [0.2, 0.25) is 0 Å². The summed E-state index contributed by atoms with van der Waals surface area (Å²) in [5, 5.41) is 11.0. The lowest BCUT2D eigenvalue weighted by atomic mass is 9.80. The first-order valence-electron chi connectivity index (χ1n) is 11.5. The van der Waals surface area contributed by atoms with Crippen molar-refractivity contribution in [2.75, 3.05) is 7.11 Å². The number of ether oxygens (including phenoxy) is 5. The Hall–Kier alpha value is -2.49. The molecule has 0 spiro atoms. The molecule has 2 saturated heterocycles. The van der Waals surface area contributed by atoms with Crippen molar-refractivity contribution in [1.82, 2.24) is 0 Å². The summed E-state index contributed by atoms with van der Waals surface area (Å²) in [7, 11) is 1.25. The molecule has 9 heteroatoms. The van der Waals surface area contributed by atoms with E-state index in [4.69, 9.17) is 23.7 Å². The Morgan fingerprint density at radius 3 is 2.56 bits per heavy atom. The van der Waals surface area contributed by atoms with E-state index >= 15 is 0 Å². The van der Waals surface area contributed by atoms with Gasteiger partial charge in [-0.15, -0.1) is 0 Å². The van der Waals surface area contributed by atoms with Crippen LogP contribution in [-0.2, 0) is 38.1 Å². The Balaban J connectivity index is 2.16. The highest BCUT2D eigenvalue weighted by molar-refractivity contribution is 5.92. The minimum absolute atomic E-state index is 0.00658. The van der Waals surface area contributed by atoms with Crippen LogP contribution in [0.1, 0.15) is 47.0 Å². The zero-order chi connectivity index (χ0) is 25.4. The van der Waals surface area contributed by atoms with Crippen LogP contribution in [0.15, 0.2) is 36.0 Å². The lowest BCUT2D eigenvalue weighted by Crippen LogP contribution is -2.50. The third-order valence-corrected chi connectivity index (χ3v) is 6.94. The number of epoxide rings is 1. The van der Waals surface area contributed by atoms with Gasteiger partial charge in [-0.05, 0) is 45.6 Å². The predicted octanol–water partition coefficient (Wildman–Crippen LogP) is 2.17. The van der Waals surface area contributed by atoms with Crippen molar-refractivity contribution >= 4 is 17.9 Å². The van der Waals surface area contributed by atoms with Gasteiger partial charge in [-0.2, -0.15) is 0 Å². The Morgan fingerprint density at radius 1 is 1.35 bits per heavy atom. The zero-order valence-electron chi connectivity index (χ0n) is 20.4. The van der Waals surface area contributed by atoms with Crippen molar-refractivity contribution in [1.29, 1.82) is 0 Å². The first kappa shape index (κ1) is 26.1. The van der Waals surface area contributed by atoms with Crippen LogP contribution in [0.5, 0.6) is 0 Å². The molecule has 0 aromatic heterocycles. The molecule has 0 amide bonds. The number of aliphatic hydroxyl groups excluding tert-OH is 1. The van der Waals surface area contributed by atoms with Crippen LogP contribution in [0.2, 0.25) is 0 Å². The first-order valence-corrected chi connectivity index (χ1v) is 11.5. The third kappa shape index (κ3) is 4.82. The quantitative estimate of drug-likeness (QED) is 0.201. The minimum Gasteiger partial charge on any atom is -0.466 e. The molecule has 9 nitrogen and oxygen atoms in total. The summed E-state index contributed by atoms with van der Waals surface area (Å²) < 4.78 is 28.1. The van der Waals surface area contributed by atoms with E-state index in [1.165, 1.54) is 7.11 Å². The predicted molar refractivity (Wildman–Crippen MR) is 120 cm³/mol. The molecule has 8 atom stereocenters. The standard InChI is InChI=1S/C25H34O9/c1-8-13(3)31-19-16(23(28)30-7)11-9-10-12(2)18(26)20-17(14(4)22(27)32-20)21(19)33-24(29)25(6)15(5)34-25/h11,13,15,17-21,26H,2,4,8-10H2,1,3,5-7H3. The van der Waals surface area contributed by atoms with E-state index in [1.54, 1.807) is 19.9 Å². The van der Waals surface area contributed by atoms with Crippen molar-refractivity contribution in [2.24, 2.45) is 5.92 Å². The molecule has 34 heavy (non-hydrogen) atoms. The number of esters is 3. The molecule has 1 aliphatic carbocycles. The lowest BCUT2D eigenvalue weighted by molar-refractivity contribution is -0.174. The normalized spacial score (nSPS) is 36.6. The van der Waals surface area contributed by atoms with Gasteiger partial charge >= 0.3 is 17.9 Å². The number of carbonyl (C=O) groups is 3. The molecular weight excluding hydrogens is 444 g/mol. The van der Waals surface area contributed by atoms with Crippen molar-refractivity contribution in [2.45, 2.75) is 89.2 Å². The number of carbonyl (C=O) groups excluding carboxylic acids is 3. The number of aliphatic hydroxyl groups is 1. The average molecular weight is 479 g/mol. The summed E-state index contributed by atoms with van der Waals surface area (Å²) in [6, 6.07) is 0. The second kappa shape index (κ2) is 10.0. The Morgan fingerprint density at radius 2 is 2.00 bits per heavy atom. The molecule has 0 radical (unpaired) electrons. The van der Waals surface area contributed by atoms with Crippen LogP contribution in [0, 0.1) is 5.92 Å². The molecule has 1 N–H and O–H groups in total. The molecule has 3 rings (SSSR count). The molecule has 3 aliphatic rings. The number of fused-ring (bicyclic) bond motifs is 1. The van der Waals surface area contributed by atoms with Crippen molar-refractivity contribution in [3.05, 3.63) is 36.0 Å². The number of methoxy groups -OCH3 is 1. The van der Waals surface area contributed by atoms with E-state index in [0.717, 1.165) is 0 Å². The summed E-state index contributed by atoms with van der Waals surface area (Å²) in [6.07, 6.45) is -2.47. The molecular formula is C25H34O9. The molecule has 8 unspecified atom stereocenters. The number of allylic oxidation sites excluding steroid dienone is 1. The molecule has 0 bridgehead atoms. The van der Waals surface area contributed by atoms with Crippen LogP contribution in [-0.4, -0.2) is 72.3 Å². The number of hydrogen-bond acceptors (Lipinski definition) is 9. The number of rotatable bonds is 6. The van der Waals surface area contributed by atoms with Gasteiger partial charge in [-0.3, -0.25) is 0 Å². The fraction of sp³-hybridized carbons (Fsp3) is 0.640. The van der Waals surface area contributed by atoms with Crippen molar-refractivity contribution in [3.63, 3.8) is 0 Å². The first-order chi connectivity index (χ1) is 16.0. The minimum atomic E-state index is -1.23. The fourth-order valence-corrected chi connectivity index (χ4v) is 4.27. The summed E-state index contributed by atoms with van der Waals surface area (Å²) in [5.41, 5.74) is -0.610.